The Morgan fingerprint density at radius 1 is 0.923 bits per heavy atom. The van der Waals surface area contributed by atoms with Crippen molar-refractivity contribution < 1.29 is 9.59 Å². The monoisotopic (exact) mass is 364 g/mol. The van der Waals surface area contributed by atoms with Gasteiger partial charge in [-0.15, -0.1) is 11.3 Å². The third-order valence-electron chi connectivity index (χ3n) is 4.09. The summed E-state index contributed by atoms with van der Waals surface area (Å²) in [5.41, 5.74) is 3.70. The number of carbonyl (C=O) groups excluding carboxylic acids is 2. The second-order valence-corrected chi connectivity index (χ2v) is 6.89. The number of aryl methyl sites for hydroxylation is 1. The van der Waals surface area contributed by atoms with E-state index < -0.39 is 0 Å². The zero-order valence-corrected chi connectivity index (χ0v) is 15.3. The predicted molar refractivity (Wildman–Crippen MR) is 106 cm³/mol. The summed E-state index contributed by atoms with van der Waals surface area (Å²) in [6, 6.07) is 18.7. The fourth-order valence-electron chi connectivity index (χ4n) is 2.61. The molecule has 0 aliphatic heterocycles. The largest absolute Gasteiger partial charge is 0.352 e. The molecular weight excluding hydrogens is 344 g/mol. The van der Waals surface area contributed by atoms with Crippen molar-refractivity contribution in [3.63, 3.8) is 0 Å². The van der Waals surface area contributed by atoms with E-state index in [2.05, 4.69) is 29.7 Å². The van der Waals surface area contributed by atoms with E-state index >= 15 is 0 Å². The fraction of sp³-hybridized carbons (Fsp3) is 0.143. The highest BCUT2D eigenvalue weighted by Gasteiger charge is 2.09. The van der Waals surface area contributed by atoms with Crippen LogP contribution in [0.1, 0.15) is 31.2 Å². The molecule has 0 radical (unpaired) electrons. The number of hydrogen-bond donors (Lipinski definition) is 2. The summed E-state index contributed by atoms with van der Waals surface area (Å²) in [6.07, 6.45) is 0.799. The summed E-state index contributed by atoms with van der Waals surface area (Å²) in [4.78, 5) is 24.9. The lowest BCUT2D eigenvalue weighted by Crippen LogP contribution is -2.25. The maximum absolute atomic E-state index is 12.2. The second kappa shape index (κ2) is 8.45. The van der Waals surface area contributed by atoms with Gasteiger partial charge in [0.2, 0.25) is 0 Å². The summed E-state index contributed by atoms with van der Waals surface area (Å²) >= 11 is 1.39. The Labute approximate surface area is 156 Å². The lowest BCUT2D eigenvalue weighted by molar-refractivity contribution is 0.0953. The Balaban J connectivity index is 1.52. The Kier molecular flexibility index (Phi) is 5.81. The normalized spacial score (nSPS) is 10.3. The first-order chi connectivity index (χ1) is 12.6. The van der Waals surface area contributed by atoms with Gasteiger partial charge in [-0.3, -0.25) is 9.59 Å². The first-order valence-electron chi connectivity index (χ1n) is 8.41. The average Bonchev–Trinajstić information content (AvgIpc) is 3.19. The molecule has 2 aromatic carbocycles. The first-order valence-corrected chi connectivity index (χ1v) is 9.29. The van der Waals surface area contributed by atoms with Gasteiger partial charge in [0.05, 0.1) is 4.88 Å². The van der Waals surface area contributed by atoms with Gasteiger partial charge in [0.25, 0.3) is 11.8 Å². The first kappa shape index (κ1) is 17.9. The van der Waals surface area contributed by atoms with Crippen molar-refractivity contribution in [2.45, 2.75) is 13.3 Å². The second-order valence-electron chi connectivity index (χ2n) is 5.94. The van der Waals surface area contributed by atoms with Crippen LogP contribution in [0.2, 0.25) is 0 Å². The standard InChI is InChI=1S/C21H20N2O2S/c1-15-5-2-3-6-16(15)12-13-22-20(24)17-8-10-18(11-9-17)23-21(25)19-7-4-14-26-19/h2-11,14H,12-13H2,1H3,(H,22,24)(H,23,25). The zero-order chi connectivity index (χ0) is 18.4. The smallest absolute Gasteiger partial charge is 0.265 e. The van der Waals surface area contributed by atoms with Crippen molar-refractivity contribution in [2.24, 2.45) is 0 Å². The molecule has 26 heavy (non-hydrogen) atoms. The van der Waals surface area contributed by atoms with Crippen molar-refractivity contribution in [1.29, 1.82) is 0 Å². The van der Waals surface area contributed by atoms with Crippen LogP contribution in [0, 0.1) is 6.92 Å². The maximum atomic E-state index is 12.2. The maximum Gasteiger partial charge on any atom is 0.265 e. The SMILES string of the molecule is Cc1ccccc1CCNC(=O)c1ccc(NC(=O)c2cccs2)cc1. The molecule has 0 saturated carbocycles. The quantitative estimate of drug-likeness (QED) is 0.686. The number of nitrogens with one attached hydrogen (secondary N) is 2. The number of rotatable bonds is 6. The van der Waals surface area contributed by atoms with Crippen molar-refractivity contribution in [2.75, 3.05) is 11.9 Å². The minimum Gasteiger partial charge on any atom is -0.352 e. The van der Waals surface area contributed by atoms with Crippen LogP contribution in [-0.4, -0.2) is 18.4 Å². The van der Waals surface area contributed by atoms with Gasteiger partial charge in [0.1, 0.15) is 0 Å². The molecule has 0 unspecified atom stereocenters. The van der Waals surface area contributed by atoms with Gasteiger partial charge < -0.3 is 10.6 Å². The van der Waals surface area contributed by atoms with Crippen LogP contribution in [0.15, 0.2) is 66.0 Å². The van der Waals surface area contributed by atoms with Crippen LogP contribution in [0.5, 0.6) is 0 Å². The predicted octanol–water partition coefficient (Wildman–Crippen LogP) is 4.28. The van der Waals surface area contributed by atoms with Crippen molar-refractivity contribution in [3.8, 4) is 0 Å². The number of carbonyl (C=O) groups is 2. The van der Waals surface area contributed by atoms with E-state index in [1.165, 1.54) is 22.5 Å². The van der Waals surface area contributed by atoms with E-state index in [-0.39, 0.29) is 11.8 Å². The molecule has 2 N–H and O–H groups in total. The van der Waals surface area contributed by atoms with Crippen molar-refractivity contribution in [1.82, 2.24) is 5.32 Å². The highest BCUT2D eigenvalue weighted by molar-refractivity contribution is 7.12. The summed E-state index contributed by atoms with van der Waals surface area (Å²) in [7, 11) is 0. The fourth-order valence-corrected chi connectivity index (χ4v) is 3.23. The van der Waals surface area contributed by atoms with Gasteiger partial charge in [0.15, 0.2) is 0 Å². The summed E-state index contributed by atoms with van der Waals surface area (Å²) in [6.45, 7) is 2.65. The Hall–Kier alpha value is -2.92. The van der Waals surface area contributed by atoms with Gasteiger partial charge in [-0.05, 0) is 60.2 Å². The molecule has 4 nitrogen and oxygen atoms in total. The molecule has 5 heteroatoms. The molecule has 132 valence electrons. The molecule has 1 aromatic heterocycles. The Morgan fingerprint density at radius 2 is 1.69 bits per heavy atom. The lowest BCUT2D eigenvalue weighted by Gasteiger charge is -2.08. The van der Waals surface area contributed by atoms with Crippen molar-refractivity contribution >= 4 is 28.8 Å². The number of thiophene rings is 1. The summed E-state index contributed by atoms with van der Waals surface area (Å²) < 4.78 is 0. The minimum absolute atomic E-state index is 0.116. The van der Waals surface area contributed by atoms with E-state index in [0.717, 1.165) is 6.42 Å². The molecule has 0 spiro atoms. The average molecular weight is 364 g/mol. The van der Waals surface area contributed by atoms with Crippen LogP contribution in [-0.2, 0) is 6.42 Å². The van der Waals surface area contributed by atoms with E-state index in [1.54, 1.807) is 30.3 Å². The van der Waals surface area contributed by atoms with Crippen LogP contribution < -0.4 is 10.6 Å². The molecule has 0 fully saturated rings. The van der Waals surface area contributed by atoms with Crippen molar-refractivity contribution in [3.05, 3.63) is 87.6 Å². The molecule has 0 aliphatic rings. The molecular formula is C21H20N2O2S. The highest BCUT2D eigenvalue weighted by atomic mass is 32.1. The van der Waals surface area contributed by atoms with Crippen LogP contribution in [0.25, 0.3) is 0 Å². The number of benzene rings is 2. The zero-order valence-electron chi connectivity index (χ0n) is 14.5. The molecule has 2 amide bonds. The molecule has 1 heterocycles. The summed E-state index contributed by atoms with van der Waals surface area (Å²) in [5, 5.41) is 7.61. The summed E-state index contributed by atoms with van der Waals surface area (Å²) in [5.74, 6) is -0.259. The molecule has 3 aromatic rings. The lowest BCUT2D eigenvalue weighted by atomic mass is 10.1. The topological polar surface area (TPSA) is 58.2 Å². The number of anilines is 1. The number of hydrogen-bond acceptors (Lipinski definition) is 3. The van der Waals surface area contributed by atoms with E-state index in [1.807, 2.05) is 23.6 Å². The van der Waals surface area contributed by atoms with Crippen LogP contribution in [0.4, 0.5) is 5.69 Å². The molecule has 0 saturated heterocycles. The molecule has 3 rings (SSSR count). The minimum atomic E-state index is -0.143. The highest BCUT2D eigenvalue weighted by Crippen LogP contribution is 2.14. The molecule has 0 aliphatic carbocycles. The van der Waals surface area contributed by atoms with Crippen LogP contribution >= 0.6 is 11.3 Å². The number of amides is 2. The van der Waals surface area contributed by atoms with Gasteiger partial charge in [-0.2, -0.15) is 0 Å². The van der Waals surface area contributed by atoms with Crippen LogP contribution in [0.3, 0.4) is 0 Å². The van der Waals surface area contributed by atoms with E-state index in [0.29, 0.717) is 22.7 Å². The van der Waals surface area contributed by atoms with Gasteiger partial charge >= 0.3 is 0 Å². The molecule has 0 atom stereocenters. The van der Waals surface area contributed by atoms with E-state index in [9.17, 15) is 9.59 Å². The Bertz CT molecular complexity index is 887. The third kappa shape index (κ3) is 4.58. The molecule has 0 bridgehead atoms. The van der Waals surface area contributed by atoms with Gasteiger partial charge in [-0.1, -0.05) is 30.3 Å². The van der Waals surface area contributed by atoms with Gasteiger partial charge in [-0.25, -0.2) is 0 Å². The van der Waals surface area contributed by atoms with E-state index in [4.69, 9.17) is 0 Å². The Morgan fingerprint density at radius 3 is 2.38 bits per heavy atom. The van der Waals surface area contributed by atoms with Gasteiger partial charge in [0, 0.05) is 17.8 Å². The third-order valence-corrected chi connectivity index (χ3v) is 4.96.